The highest BCUT2D eigenvalue weighted by atomic mass is 16.5. The Morgan fingerprint density at radius 3 is 2.69 bits per heavy atom. The van der Waals surface area contributed by atoms with Crippen molar-refractivity contribution < 1.29 is 14.6 Å². The van der Waals surface area contributed by atoms with Crippen LogP contribution in [0.3, 0.4) is 0 Å². The highest BCUT2D eigenvalue weighted by Gasteiger charge is 2.35. The largest absolute Gasteiger partial charge is 0.497 e. The fourth-order valence-electron chi connectivity index (χ4n) is 2.09. The Morgan fingerprint density at radius 1 is 1.31 bits per heavy atom. The van der Waals surface area contributed by atoms with E-state index in [-0.39, 0.29) is 0 Å². The van der Waals surface area contributed by atoms with E-state index >= 15 is 0 Å². The van der Waals surface area contributed by atoms with Crippen LogP contribution in [0.25, 0.3) is 0 Å². The third-order valence-electron chi connectivity index (χ3n) is 3.04. The molecular weight excluding hydrogens is 206 g/mol. The molecule has 1 aliphatic heterocycles. The Hall–Kier alpha value is -1.26. The van der Waals surface area contributed by atoms with Gasteiger partial charge >= 0.3 is 0 Å². The van der Waals surface area contributed by atoms with Crippen molar-refractivity contribution >= 4 is 0 Å². The van der Waals surface area contributed by atoms with E-state index in [9.17, 15) is 5.11 Å². The minimum absolute atomic E-state index is 0.552. The Morgan fingerprint density at radius 2 is 2.12 bits per heavy atom. The van der Waals surface area contributed by atoms with Crippen molar-refractivity contribution in [3.63, 3.8) is 0 Å². The maximum Gasteiger partial charge on any atom is 0.125 e. The number of ether oxygens (including phenoxy) is 2. The predicted octanol–water partition coefficient (Wildman–Crippen LogP) is 0.885. The van der Waals surface area contributed by atoms with E-state index in [1.165, 1.54) is 0 Å². The van der Waals surface area contributed by atoms with Crippen molar-refractivity contribution in [2.75, 3.05) is 27.3 Å². The Labute approximate surface area is 95.2 Å². The van der Waals surface area contributed by atoms with Gasteiger partial charge < -0.3 is 19.9 Å². The van der Waals surface area contributed by atoms with Crippen LogP contribution in [0.4, 0.5) is 0 Å². The average molecular weight is 223 g/mol. The lowest BCUT2D eigenvalue weighted by molar-refractivity contribution is 0.0558. The van der Waals surface area contributed by atoms with Gasteiger partial charge in [0.25, 0.3) is 0 Å². The molecule has 0 aliphatic carbocycles. The van der Waals surface area contributed by atoms with E-state index in [1.807, 2.05) is 18.2 Å². The number of benzene rings is 1. The third-order valence-corrected chi connectivity index (χ3v) is 3.04. The van der Waals surface area contributed by atoms with Crippen LogP contribution in [-0.2, 0) is 5.60 Å². The number of rotatable bonds is 3. The summed E-state index contributed by atoms with van der Waals surface area (Å²) >= 11 is 0. The first-order valence-corrected chi connectivity index (χ1v) is 5.35. The molecule has 2 N–H and O–H groups in total. The number of aliphatic hydroxyl groups is 1. The zero-order valence-electron chi connectivity index (χ0n) is 9.62. The van der Waals surface area contributed by atoms with Gasteiger partial charge in [0.05, 0.1) is 14.2 Å². The zero-order valence-corrected chi connectivity index (χ0v) is 9.62. The normalized spacial score (nSPS) is 24.4. The molecule has 1 aromatic carbocycles. The Kier molecular flexibility index (Phi) is 3.03. The van der Waals surface area contributed by atoms with Gasteiger partial charge in [0.2, 0.25) is 0 Å². The lowest BCUT2D eigenvalue weighted by Gasteiger charge is -2.24. The average Bonchev–Trinajstić information content (AvgIpc) is 2.76. The fraction of sp³-hybridized carbons (Fsp3) is 0.500. The van der Waals surface area contributed by atoms with Gasteiger partial charge in [-0.2, -0.15) is 0 Å². The molecule has 1 aliphatic rings. The first-order valence-electron chi connectivity index (χ1n) is 5.35. The Balaban J connectivity index is 2.43. The van der Waals surface area contributed by atoms with Crippen molar-refractivity contribution in [3.8, 4) is 11.5 Å². The summed E-state index contributed by atoms with van der Waals surface area (Å²) < 4.78 is 10.5. The maximum atomic E-state index is 10.5. The first-order chi connectivity index (χ1) is 7.69. The van der Waals surface area contributed by atoms with Gasteiger partial charge in [-0.1, -0.05) is 0 Å². The quantitative estimate of drug-likeness (QED) is 0.799. The minimum atomic E-state index is -0.847. The molecule has 0 amide bonds. The molecule has 1 heterocycles. The van der Waals surface area contributed by atoms with E-state index in [4.69, 9.17) is 9.47 Å². The van der Waals surface area contributed by atoms with Crippen molar-refractivity contribution in [2.45, 2.75) is 12.0 Å². The van der Waals surface area contributed by atoms with Crippen LogP contribution < -0.4 is 14.8 Å². The highest BCUT2D eigenvalue weighted by Crippen LogP contribution is 2.36. The number of methoxy groups -OCH3 is 2. The summed E-state index contributed by atoms with van der Waals surface area (Å²) in [6.07, 6.45) is 0.691. The van der Waals surface area contributed by atoms with E-state index in [1.54, 1.807) is 14.2 Å². The van der Waals surface area contributed by atoms with Crippen LogP contribution in [0.1, 0.15) is 12.0 Å². The molecule has 88 valence electrons. The molecule has 1 fully saturated rings. The van der Waals surface area contributed by atoms with Gasteiger partial charge in [-0.3, -0.25) is 0 Å². The van der Waals surface area contributed by atoms with Crippen molar-refractivity contribution in [1.82, 2.24) is 5.32 Å². The molecule has 0 aromatic heterocycles. The molecule has 4 nitrogen and oxygen atoms in total. The van der Waals surface area contributed by atoms with Crippen molar-refractivity contribution in [2.24, 2.45) is 0 Å². The van der Waals surface area contributed by atoms with Gasteiger partial charge in [0, 0.05) is 12.1 Å². The summed E-state index contributed by atoms with van der Waals surface area (Å²) in [5.74, 6) is 1.43. The SMILES string of the molecule is COc1ccc(OC)c(C2(O)CCNC2)c1. The molecule has 1 unspecified atom stereocenters. The number of nitrogens with one attached hydrogen (secondary N) is 1. The molecule has 16 heavy (non-hydrogen) atoms. The van der Waals surface area contributed by atoms with Gasteiger partial charge in [0.15, 0.2) is 0 Å². The number of hydrogen-bond donors (Lipinski definition) is 2. The first kappa shape index (κ1) is 11.2. The third kappa shape index (κ3) is 1.86. The Bertz CT molecular complexity index is 373. The van der Waals surface area contributed by atoms with E-state index in [0.29, 0.717) is 18.7 Å². The van der Waals surface area contributed by atoms with Crippen LogP contribution in [0.2, 0.25) is 0 Å². The van der Waals surface area contributed by atoms with E-state index in [0.717, 1.165) is 17.9 Å². The molecule has 1 saturated heterocycles. The van der Waals surface area contributed by atoms with Gasteiger partial charge in [-0.05, 0) is 31.2 Å². The van der Waals surface area contributed by atoms with E-state index < -0.39 is 5.60 Å². The summed E-state index contributed by atoms with van der Waals surface area (Å²) in [6.45, 7) is 1.37. The van der Waals surface area contributed by atoms with Gasteiger partial charge in [0.1, 0.15) is 17.1 Å². The van der Waals surface area contributed by atoms with E-state index in [2.05, 4.69) is 5.32 Å². The lowest BCUT2D eigenvalue weighted by atomic mass is 9.92. The highest BCUT2D eigenvalue weighted by molar-refractivity contribution is 5.44. The lowest BCUT2D eigenvalue weighted by Crippen LogP contribution is -2.28. The summed E-state index contributed by atoms with van der Waals surface area (Å²) in [5.41, 5.74) is -0.0563. The summed E-state index contributed by atoms with van der Waals surface area (Å²) in [4.78, 5) is 0. The molecule has 1 atom stereocenters. The topological polar surface area (TPSA) is 50.7 Å². The molecule has 0 saturated carbocycles. The fourth-order valence-corrected chi connectivity index (χ4v) is 2.09. The minimum Gasteiger partial charge on any atom is -0.497 e. The van der Waals surface area contributed by atoms with Crippen molar-refractivity contribution in [1.29, 1.82) is 0 Å². The monoisotopic (exact) mass is 223 g/mol. The maximum absolute atomic E-state index is 10.5. The molecule has 2 rings (SSSR count). The summed E-state index contributed by atoms with van der Waals surface area (Å²) in [6, 6.07) is 5.49. The van der Waals surface area contributed by atoms with Crippen LogP contribution in [0, 0.1) is 0 Å². The van der Waals surface area contributed by atoms with Crippen molar-refractivity contribution in [3.05, 3.63) is 23.8 Å². The smallest absolute Gasteiger partial charge is 0.125 e. The molecule has 1 aromatic rings. The predicted molar refractivity (Wildman–Crippen MR) is 60.9 cm³/mol. The molecule has 0 spiro atoms. The zero-order chi connectivity index (χ0) is 11.6. The summed E-state index contributed by atoms with van der Waals surface area (Å²) in [5, 5.41) is 13.7. The molecular formula is C12H17NO3. The van der Waals surface area contributed by atoms with Gasteiger partial charge in [-0.15, -0.1) is 0 Å². The summed E-state index contributed by atoms with van der Waals surface area (Å²) in [7, 11) is 3.22. The van der Waals surface area contributed by atoms with Crippen LogP contribution in [-0.4, -0.2) is 32.4 Å². The van der Waals surface area contributed by atoms with Crippen LogP contribution in [0.5, 0.6) is 11.5 Å². The number of hydrogen-bond acceptors (Lipinski definition) is 4. The second kappa shape index (κ2) is 4.31. The molecule has 0 radical (unpaired) electrons. The standard InChI is InChI=1S/C12H17NO3/c1-15-9-3-4-11(16-2)10(7-9)12(14)5-6-13-8-12/h3-4,7,13-14H,5-6,8H2,1-2H3. The van der Waals surface area contributed by atoms with Crippen LogP contribution >= 0.6 is 0 Å². The molecule has 4 heteroatoms. The van der Waals surface area contributed by atoms with Gasteiger partial charge in [-0.25, -0.2) is 0 Å². The second-order valence-corrected chi connectivity index (χ2v) is 4.02. The second-order valence-electron chi connectivity index (χ2n) is 4.02. The number of β-amino-alcohol motifs (C(OH)–C–C–N with tert-alkyl or cyclic N) is 1. The molecule has 0 bridgehead atoms. The van der Waals surface area contributed by atoms with Crippen LogP contribution in [0.15, 0.2) is 18.2 Å².